The first-order valence-electron chi connectivity index (χ1n) is 6.96. The average molecular weight is 248 g/mol. The second-order valence-electron chi connectivity index (χ2n) is 5.12. The van der Waals surface area contributed by atoms with Crippen molar-refractivity contribution < 1.29 is 4.74 Å². The summed E-state index contributed by atoms with van der Waals surface area (Å²) in [7, 11) is 0. The molecule has 2 rings (SSSR count). The lowest BCUT2D eigenvalue weighted by molar-refractivity contribution is 0.150. The maximum atomic E-state index is 5.89. The summed E-state index contributed by atoms with van der Waals surface area (Å²) in [5.74, 6) is 0.976. The molecular weight excluding hydrogens is 224 g/mol. The van der Waals surface area contributed by atoms with E-state index < -0.39 is 0 Å². The highest BCUT2D eigenvalue weighted by Crippen LogP contribution is 2.26. The Labute approximate surface area is 110 Å². The highest BCUT2D eigenvalue weighted by Gasteiger charge is 2.19. The Kier molecular flexibility index (Phi) is 4.48. The van der Waals surface area contributed by atoms with Crippen LogP contribution in [0.25, 0.3) is 0 Å². The Hall–Kier alpha value is -1.22. The number of hydrogen-bond acceptors (Lipinski definition) is 3. The van der Waals surface area contributed by atoms with E-state index in [0.29, 0.717) is 12.6 Å². The van der Waals surface area contributed by atoms with Crippen molar-refractivity contribution in [2.24, 2.45) is 0 Å². The number of benzene rings is 1. The van der Waals surface area contributed by atoms with Gasteiger partial charge in [-0.15, -0.1) is 0 Å². The monoisotopic (exact) mass is 248 g/mol. The van der Waals surface area contributed by atoms with Crippen LogP contribution in [-0.2, 0) is 6.54 Å². The van der Waals surface area contributed by atoms with Gasteiger partial charge in [-0.05, 0) is 51.4 Å². The van der Waals surface area contributed by atoms with Crippen LogP contribution in [-0.4, -0.2) is 24.1 Å². The standard InChI is InChI=1S/C15H24N2O/c1-3-18-15-8-7-14(16)10-13(15)11-17-9-5-4-6-12(17)2/h7-8,10,12H,3-6,9,11,16H2,1-2H3. The number of rotatable bonds is 4. The molecule has 1 aliphatic rings. The number of likely N-dealkylation sites (tertiary alicyclic amines) is 1. The Morgan fingerprint density at radius 1 is 1.39 bits per heavy atom. The summed E-state index contributed by atoms with van der Waals surface area (Å²) >= 11 is 0. The van der Waals surface area contributed by atoms with Crippen molar-refractivity contribution in [3.8, 4) is 5.75 Å². The van der Waals surface area contributed by atoms with Gasteiger partial charge in [0.05, 0.1) is 6.61 Å². The van der Waals surface area contributed by atoms with Gasteiger partial charge in [-0.2, -0.15) is 0 Å². The molecule has 1 unspecified atom stereocenters. The highest BCUT2D eigenvalue weighted by molar-refractivity contribution is 5.47. The van der Waals surface area contributed by atoms with Crippen LogP contribution in [0.1, 0.15) is 38.7 Å². The maximum Gasteiger partial charge on any atom is 0.123 e. The van der Waals surface area contributed by atoms with Crippen molar-refractivity contribution in [3.05, 3.63) is 23.8 Å². The van der Waals surface area contributed by atoms with Crippen molar-refractivity contribution in [1.29, 1.82) is 0 Å². The minimum Gasteiger partial charge on any atom is -0.494 e. The quantitative estimate of drug-likeness (QED) is 0.832. The van der Waals surface area contributed by atoms with E-state index in [-0.39, 0.29) is 0 Å². The first-order valence-corrected chi connectivity index (χ1v) is 6.96. The van der Waals surface area contributed by atoms with Gasteiger partial charge in [0.2, 0.25) is 0 Å². The second-order valence-corrected chi connectivity index (χ2v) is 5.12. The lowest BCUT2D eigenvalue weighted by Crippen LogP contribution is -2.36. The van der Waals surface area contributed by atoms with E-state index in [1.165, 1.54) is 31.4 Å². The minimum absolute atomic E-state index is 0.662. The predicted molar refractivity (Wildman–Crippen MR) is 75.7 cm³/mol. The van der Waals surface area contributed by atoms with E-state index in [4.69, 9.17) is 10.5 Å². The third-order valence-electron chi connectivity index (χ3n) is 3.70. The van der Waals surface area contributed by atoms with E-state index in [1.54, 1.807) is 0 Å². The van der Waals surface area contributed by atoms with E-state index >= 15 is 0 Å². The van der Waals surface area contributed by atoms with Gasteiger partial charge in [0.15, 0.2) is 0 Å². The number of ether oxygens (including phenoxy) is 1. The number of nitrogens with two attached hydrogens (primary N) is 1. The van der Waals surface area contributed by atoms with Crippen molar-refractivity contribution >= 4 is 5.69 Å². The van der Waals surface area contributed by atoms with Gasteiger partial charge in [0.1, 0.15) is 5.75 Å². The van der Waals surface area contributed by atoms with Crippen LogP contribution < -0.4 is 10.5 Å². The van der Waals surface area contributed by atoms with Crippen molar-refractivity contribution in [1.82, 2.24) is 4.90 Å². The average Bonchev–Trinajstić information content (AvgIpc) is 2.36. The van der Waals surface area contributed by atoms with E-state index in [0.717, 1.165) is 18.0 Å². The molecule has 0 aromatic heterocycles. The number of piperidine rings is 1. The zero-order valence-electron chi connectivity index (χ0n) is 11.5. The van der Waals surface area contributed by atoms with E-state index in [9.17, 15) is 0 Å². The number of hydrogen-bond donors (Lipinski definition) is 1. The van der Waals surface area contributed by atoms with Gasteiger partial charge in [-0.25, -0.2) is 0 Å². The van der Waals surface area contributed by atoms with Crippen LogP contribution in [0.15, 0.2) is 18.2 Å². The summed E-state index contributed by atoms with van der Waals surface area (Å²) in [5, 5.41) is 0. The number of nitrogen functional groups attached to an aromatic ring is 1. The van der Waals surface area contributed by atoms with Crippen LogP contribution >= 0.6 is 0 Å². The van der Waals surface area contributed by atoms with Gasteiger partial charge in [-0.3, -0.25) is 4.90 Å². The van der Waals surface area contributed by atoms with Crippen LogP contribution in [0, 0.1) is 0 Å². The molecule has 18 heavy (non-hydrogen) atoms. The second kappa shape index (κ2) is 6.10. The van der Waals surface area contributed by atoms with Crippen molar-refractivity contribution in [3.63, 3.8) is 0 Å². The molecule has 3 heteroatoms. The molecule has 0 amide bonds. The Morgan fingerprint density at radius 3 is 2.94 bits per heavy atom. The third kappa shape index (κ3) is 3.16. The Morgan fingerprint density at radius 2 is 2.22 bits per heavy atom. The van der Waals surface area contributed by atoms with E-state index in [2.05, 4.69) is 11.8 Å². The summed E-state index contributed by atoms with van der Waals surface area (Å²) in [4.78, 5) is 2.53. The van der Waals surface area contributed by atoms with Gasteiger partial charge < -0.3 is 10.5 Å². The van der Waals surface area contributed by atoms with Crippen LogP contribution in [0.2, 0.25) is 0 Å². The number of nitrogens with zero attached hydrogens (tertiary/aromatic N) is 1. The first kappa shape index (κ1) is 13.2. The fourth-order valence-corrected chi connectivity index (χ4v) is 2.63. The normalized spacial score (nSPS) is 20.9. The largest absolute Gasteiger partial charge is 0.494 e. The summed E-state index contributed by atoms with van der Waals surface area (Å²) in [6, 6.07) is 6.61. The fourth-order valence-electron chi connectivity index (χ4n) is 2.63. The maximum absolute atomic E-state index is 5.89. The fraction of sp³-hybridized carbons (Fsp3) is 0.600. The SMILES string of the molecule is CCOc1ccc(N)cc1CN1CCCCC1C. The molecule has 1 aromatic carbocycles. The topological polar surface area (TPSA) is 38.5 Å². The molecule has 0 spiro atoms. The lowest BCUT2D eigenvalue weighted by Gasteiger charge is -2.33. The van der Waals surface area contributed by atoms with E-state index in [1.807, 2.05) is 25.1 Å². The summed E-state index contributed by atoms with van der Waals surface area (Å²) in [6.45, 7) is 7.16. The Balaban J connectivity index is 2.13. The highest BCUT2D eigenvalue weighted by atomic mass is 16.5. The van der Waals surface area contributed by atoms with Gasteiger partial charge >= 0.3 is 0 Å². The summed E-state index contributed by atoms with van der Waals surface area (Å²) in [6.07, 6.45) is 3.95. The van der Waals surface area contributed by atoms with Crippen LogP contribution in [0.3, 0.4) is 0 Å². The molecule has 0 bridgehead atoms. The lowest BCUT2D eigenvalue weighted by atomic mass is 10.0. The summed E-state index contributed by atoms with van der Waals surface area (Å²) < 4.78 is 5.69. The van der Waals surface area contributed by atoms with Gasteiger partial charge in [0, 0.05) is 23.8 Å². The predicted octanol–water partition coefficient (Wildman–Crippen LogP) is 3.04. The molecule has 2 N–H and O–H groups in total. The summed E-state index contributed by atoms with van der Waals surface area (Å²) in [5.41, 5.74) is 7.92. The molecule has 1 aromatic rings. The molecule has 3 nitrogen and oxygen atoms in total. The minimum atomic E-state index is 0.662. The molecule has 1 saturated heterocycles. The molecule has 0 aliphatic carbocycles. The first-order chi connectivity index (χ1) is 8.70. The smallest absolute Gasteiger partial charge is 0.123 e. The zero-order valence-corrected chi connectivity index (χ0v) is 11.5. The van der Waals surface area contributed by atoms with Crippen LogP contribution in [0.4, 0.5) is 5.69 Å². The number of anilines is 1. The van der Waals surface area contributed by atoms with Crippen molar-refractivity contribution in [2.75, 3.05) is 18.9 Å². The molecular formula is C15H24N2O. The Bertz CT molecular complexity index is 392. The third-order valence-corrected chi connectivity index (χ3v) is 3.70. The van der Waals surface area contributed by atoms with Crippen molar-refractivity contribution in [2.45, 2.75) is 45.7 Å². The molecule has 0 saturated carbocycles. The van der Waals surface area contributed by atoms with Gasteiger partial charge in [0.25, 0.3) is 0 Å². The molecule has 100 valence electrons. The molecule has 1 fully saturated rings. The van der Waals surface area contributed by atoms with Crippen LogP contribution in [0.5, 0.6) is 5.75 Å². The molecule has 1 heterocycles. The molecule has 1 aliphatic heterocycles. The molecule has 0 radical (unpaired) electrons. The molecule has 1 atom stereocenters. The zero-order chi connectivity index (χ0) is 13.0. The van der Waals surface area contributed by atoms with Gasteiger partial charge in [-0.1, -0.05) is 6.42 Å².